The Morgan fingerprint density at radius 1 is 1.28 bits per heavy atom. The summed E-state index contributed by atoms with van der Waals surface area (Å²) in [5, 5.41) is 6.24. The third kappa shape index (κ3) is 7.10. The largest absolute Gasteiger partial charge is 0.492 e. The van der Waals surface area contributed by atoms with Gasteiger partial charge in [-0.25, -0.2) is 5.43 Å². The molecule has 2 N–H and O–H groups in total. The van der Waals surface area contributed by atoms with E-state index in [1.54, 1.807) is 26.4 Å². The highest BCUT2D eigenvalue weighted by Crippen LogP contribution is 2.36. The van der Waals surface area contributed by atoms with Gasteiger partial charge in [0.25, 0.3) is 0 Å². The molecule has 138 valence electrons. The Morgan fingerprint density at radius 3 is 2.68 bits per heavy atom. The Morgan fingerprint density at radius 2 is 2.04 bits per heavy atom. The third-order valence-corrected chi connectivity index (χ3v) is 3.52. The summed E-state index contributed by atoms with van der Waals surface area (Å²) in [6.07, 6.45) is 2.03. The number of methoxy groups -OCH3 is 2. The van der Waals surface area contributed by atoms with Crippen LogP contribution in [-0.2, 0) is 14.3 Å². The Hall–Kier alpha value is -2.13. The first-order chi connectivity index (χ1) is 12.0. The first kappa shape index (κ1) is 20.9. The van der Waals surface area contributed by atoms with Crippen molar-refractivity contribution >= 4 is 34.0 Å². The molecule has 0 saturated heterocycles. The lowest BCUT2D eigenvalue weighted by Crippen LogP contribution is -2.38. The molecule has 0 unspecified atom stereocenters. The molecule has 0 heterocycles. The maximum Gasteiger partial charge on any atom is 0.329 e. The molecule has 0 aliphatic heterocycles. The van der Waals surface area contributed by atoms with E-state index in [-0.39, 0.29) is 0 Å². The third-order valence-electron chi connectivity index (χ3n) is 2.93. The fourth-order valence-corrected chi connectivity index (χ4v) is 2.46. The van der Waals surface area contributed by atoms with E-state index in [9.17, 15) is 9.59 Å². The Balaban J connectivity index is 2.63. The maximum absolute atomic E-state index is 11.6. The minimum Gasteiger partial charge on any atom is -0.492 e. The fourth-order valence-electron chi connectivity index (χ4n) is 1.84. The van der Waals surface area contributed by atoms with E-state index >= 15 is 0 Å². The van der Waals surface area contributed by atoms with Gasteiger partial charge in [-0.15, -0.1) is 0 Å². The number of halogens is 1. The first-order valence-electron chi connectivity index (χ1n) is 7.64. The number of benzene rings is 1. The summed E-state index contributed by atoms with van der Waals surface area (Å²) in [4.78, 5) is 23.2. The van der Waals surface area contributed by atoms with Gasteiger partial charge in [-0.3, -0.25) is 9.59 Å². The summed E-state index contributed by atoms with van der Waals surface area (Å²) in [5.74, 6) is -0.480. The van der Waals surface area contributed by atoms with Crippen molar-refractivity contribution in [2.75, 3.05) is 34.0 Å². The number of carbonyl (C=O) groups excluding carboxylic acids is 2. The lowest BCUT2D eigenvalue weighted by atomic mass is 10.2. The molecule has 2 amide bonds. The molecule has 1 aromatic rings. The summed E-state index contributed by atoms with van der Waals surface area (Å²) in [5.41, 5.74) is 2.84. The number of rotatable bonds is 9. The molecule has 0 bridgehead atoms. The molecule has 25 heavy (non-hydrogen) atoms. The number of hydrogen-bond donors (Lipinski definition) is 2. The average molecular weight is 416 g/mol. The molecule has 0 aliphatic carbocycles. The van der Waals surface area contributed by atoms with Crippen molar-refractivity contribution in [2.24, 2.45) is 5.10 Å². The number of nitrogens with one attached hydrogen (secondary N) is 2. The second kappa shape index (κ2) is 11.4. The van der Waals surface area contributed by atoms with Gasteiger partial charge in [0.15, 0.2) is 11.5 Å². The van der Waals surface area contributed by atoms with E-state index < -0.39 is 11.8 Å². The number of carbonyl (C=O) groups is 2. The lowest BCUT2D eigenvalue weighted by molar-refractivity contribution is -0.139. The van der Waals surface area contributed by atoms with Crippen LogP contribution < -0.4 is 20.2 Å². The fraction of sp³-hybridized carbons (Fsp3) is 0.438. The molecule has 1 rings (SSSR count). The van der Waals surface area contributed by atoms with Crippen molar-refractivity contribution in [3.8, 4) is 11.5 Å². The van der Waals surface area contributed by atoms with Gasteiger partial charge in [0.05, 0.1) is 24.4 Å². The molecule has 0 spiro atoms. The molecule has 8 nitrogen and oxygen atoms in total. The van der Waals surface area contributed by atoms with Gasteiger partial charge in [0.1, 0.15) is 0 Å². The van der Waals surface area contributed by atoms with Crippen LogP contribution in [0, 0.1) is 0 Å². The minimum atomic E-state index is -0.841. The quantitative estimate of drug-likeness (QED) is 0.275. The molecule has 1 aromatic carbocycles. The zero-order valence-corrected chi connectivity index (χ0v) is 16.0. The van der Waals surface area contributed by atoms with E-state index in [1.807, 2.05) is 6.92 Å². The summed E-state index contributed by atoms with van der Waals surface area (Å²) in [7, 11) is 3.11. The molecule has 0 atom stereocenters. The van der Waals surface area contributed by atoms with Crippen LogP contribution in [0.25, 0.3) is 0 Å². The van der Waals surface area contributed by atoms with Crippen LogP contribution in [0.1, 0.15) is 18.9 Å². The maximum atomic E-state index is 11.6. The topological polar surface area (TPSA) is 98.2 Å². The Kier molecular flexibility index (Phi) is 9.56. The van der Waals surface area contributed by atoms with E-state index in [2.05, 4.69) is 31.8 Å². The van der Waals surface area contributed by atoms with Crippen molar-refractivity contribution in [3.63, 3.8) is 0 Å². The zero-order chi connectivity index (χ0) is 18.7. The van der Waals surface area contributed by atoms with Gasteiger partial charge in [0, 0.05) is 20.3 Å². The van der Waals surface area contributed by atoms with Gasteiger partial charge in [-0.2, -0.15) is 5.10 Å². The SMILES string of the molecule is CCOc1cc(/C=N\NC(=O)C(=O)NCCCOC)cc(Br)c1OC. The normalized spacial score (nSPS) is 10.6. The Labute approximate surface area is 155 Å². The van der Waals surface area contributed by atoms with Gasteiger partial charge in [-0.05, 0) is 47.0 Å². The summed E-state index contributed by atoms with van der Waals surface area (Å²) < 4.78 is 16.3. The number of ether oxygens (including phenoxy) is 3. The van der Waals surface area contributed by atoms with Crippen LogP contribution in [-0.4, -0.2) is 52.0 Å². The van der Waals surface area contributed by atoms with Gasteiger partial charge >= 0.3 is 11.8 Å². The van der Waals surface area contributed by atoms with Crippen LogP contribution in [0.2, 0.25) is 0 Å². The molecule has 9 heteroatoms. The monoisotopic (exact) mass is 415 g/mol. The van der Waals surface area contributed by atoms with Crippen molar-refractivity contribution < 1.29 is 23.8 Å². The zero-order valence-electron chi connectivity index (χ0n) is 14.4. The van der Waals surface area contributed by atoms with Crippen molar-refractivity contribution in [1.29, 1.82) is 0 Å². The van der Waals surface area contributed by atoms with E-state index in [0.717, 1.165) is 0 Å². The predicted octanol–water partition coefficient (Wildman–Crippen LogP) is 1.46. The molecule has 0 aromatic heterocycles. The standard InChI is InChI=1S/C16H22BrN3O5/c1-4-25-13-9-11(8-12(17)14(13)24-3)10-19-20-16(22)15(21)18-6-5-7-23-2/h8-10H,4-7H2,1-3H3,(H,18,21)(H,20,22)/b19-10-. The second-order valence-electron chi connectivity index (χ2n) is 4.77. The number of nitrogens with zero attached hydrogens (tertiary/aromatic N) is 1. The summed E-state index contributed by atoms with van der Waals surface area (Å²) >= 11 is 3.39. The molecule has 0 radical (unpaired) electrons. The van der Waals surface area contributed by atoms with Crippen LogP contribution in [0.5, 0.6) is 11.5 Å². The molecule has 0 saturated carbocycles. The highest BCUT2D eigenvalue weighted by molar-refractivity contribution is 9.10. The highest BCUT2D eigenvalue weighted by Gasteiger charge is 2.12. The summed E-state index contributed by atoms with van der Waals surface area (Å²) in [6, 6.07) is 3.47. The number of hydrazone groups is 1. The number of amides is 2. The first-order valence-corrected chi connectivity index (χ1v) is 8.43. The van der Waals surface area contributed by atoms with Crippen molar-refractivity contribution in [2.45, 2.75) is 13.3 Å². The van der Waals surface area contributed by atoms with E-state index in [1.165, 1.54) is 6.21 Å². The molecular weight excluding hydrogens is 394 g/mol. The van der Waals surface area contributed by atoms with Crippen LogP contribution in [0.15, 0.2) is 21.7 Å². The highest BCUT2D eigenvalue weighted by atomic mass is 79.9. The second-order valence-corrected chi connectivity index (χ2v) is 5.62. The minimum absolute atomic E-state index is 0.354. The van der Waals surface area contributed by atoms with E-state index in [4.69, 9.17) is 14.2 Å². The molecule has 0 aliphatic rings. The van der Waals surface area contributed by atoms with Crippen LogP contribution in [0.3, 0.4) is 0 Å². The van der Waals surface area contributed by atoms with Crippen molar-refractivity contribution in [3.05, 3.63) is 22.2 Å². The van der Waals surface area contributed by atoms with Crippen LogP contribution >= 0.6 is 15.9 Å². The van der Waals surface area contributed by atoms with Gasteiger partial charge in [-0.1, -0.05) is 0 Å². The van der Waals surface area contributed by atoms with E-state index in [0.29, 0.717) is 47.7 Å². The number of hydrogen-bond acceptors (Lipinski definition) is 6. The van der Waals surface area contributed by atoms with Gasteiger partial charge < -0.3 is 19.5 Å². The molecular formula is C16H22BrN3O5. The smallest absolute Gasteiger partial charge is 0.329 e. The summed E-state index contributed by atoms with van der Waals surface area (Å²) in [6.45, 7) is 3.20. The van der Waals surface area contributed by atoms with Crippen LogP contribution in [0.4, 0.5) is 0 Å². The van der Waals surface area contributed by atoms with Crippen molar-refractivity contribution in [1.82, 2.24) is 10.7 Å². The predicted molar refractivity (Wildman–Crippen MR) is 97.1 cm³/mol. The van der Waals surface area contributed by atoms with Gasteiger partial charge in [0.2, 0.25) is 0 Å². The molecule has 0 fully saturated rings. The average Bonchev–Trinajstić information content (AvgIpc) is 2.58. The Bertz CT molecular complexity index is 622. The lowest BCUT2D eigenvalue weighted by Gasteiger charge is -2.11.